The van der Waals surface area contributed by atoms with Crippen LogP contribution in [0.1, 0.15) is 25.0 Å². The van der Waals surface area contributed by atoms with Gasteiger partial charge in [0.05, 0.1) is 4.90 Å². The minimum absolute atomic E-state index is 0.0853. The molecule has 0 radical (unpaired) electrons. The van der Waals surface area contributed by atoms with Gasteiger partial charge < -0.3 is 9.64 Å². The average Bonchev–Trinajstić information content (AvgIpc) is 2.32. The van der Waals surface area contributed by atoms with E-state index in [9.17, 15) is 13.2 Å². The van der Waals surface area contributed by atoms with E-state index in [1.54, 1.807) is 37.9 Å². The van der Waals surface area contributed by atoms with Gasteiger partial charge in [-0.3, -0.25) is 4.79 Å². The first kappa shape index (κ1) is 17.8. The van der Waals surface area contributed by atoms with Gasteiger partial charge >= 0.3 is 0 Å². The summed E-state index contributed by atoms with van der Waals surface area (Å²) in [4.78, 5) is 13.5. The highest BCUT2D eigenvalue weighted by Gasteiger charge is 2.18. The van der Waals surface area contributed by atoms with Crippen molar-refractivity contribution in [2.24, 2.45) is 0 Å². The second-order valence-electron chi connectivity index (χ2n) is 5.21. The number of amides is 1. The monoisotopic (exact) mass is 333 g/mol. The van der Waals surface area contributed by atoms with E-state index < -0.39 is 9.05 Å². The van der Waals surface area contributed by atoms with E-state index in [1.807, 2.05) is 13.8 Å². The van der Waals surface area contributed by atoms with E-state index >= 15 is 0 Å². The number of ether oxygens (including phenoxy) is 1. The van der Waals surface area contributed by atoms with Crippen LogP contribution in [0, 0.1) is 13.8 Å². The largest absolute Gasteiger partial charge is 0.484 e. The van der Waals surface area contributed by atoms with Gasteiger partial charge in [0, 0.05) is 23.8 Å². The minimum Gasteiger partial charge on any atom is -0.484 e. The normalized spacial score (nSPS) is 11.6. The van der Waals surface area contributed by atoms with Crippen LogP contribution in [0.25, 0.3) is 0 Å². The molecule has 0 aromatic heterocycles. The predicted molar refractivity (Wildman–Crippen MR) is 82.4 cm³/mol. The summed E-state index contributed by atoms with van der Waals surface area (Å²) >= 11 is 0. The molecule has 0 heterocycles. The Balaban J connectivity index is 2.91. The fraction of sp³-hybridized carbons (Fsp3) is 0.500. The van der Waals surface area contributed by atoms with E-state index in [2.05, 4.69) is 0 Å². The van der Waals surface area contributed by atoms with Gasteiger partial charge in [-0.05, 0) is 51.0 Å². The molecule has 1 rings (SSSR count). The Morgan fingerprint density at radius 3 is 2.14 bits per heavy atom. The van der Waals surface area contributed by atoms with Gasteiger partial charge in [-0.2, -0.15) is 0 Å². The summed E-state index contributed by atoms with van der Waals surface area (Å²) in [5.41, 5.74) is 0.981. The fourth-order valence-electron chi connectivity index (χ4n) is 1.91. The van der Waals surface area contributed by atoms with Gasteiger partial charge in [-0.1, -0.05) is 0 Å². The Morgan fingerprint density at radius 1 is 1.29 bits per heavy atom. The van der Waals surface area contributed by atoms with Crippen molar-refractivity contribution in [1.29, 1.82) is 0 Å². The van der Waals surface area contributed by atoms with Crippen LogP contribution >= 0.6 is 10.7 Å². The second-order valence-corrected chi connectivity index (χ2v) is 7.71. The zero-order valence-corrected chi connectivity index (χ0v) is 14.4. The molecule has 118 valence electrons. The quantitative estimate of drug-likeness (QED) is 0.776. The molecule has 5 nitrogen and oxygen atoms in total. The molecule has 0 fully saturated rings. The molecule has 0 aliphatic carbocycles. The average molecular weight is 334 g/mol. The number of halogens is 1. The summed E-state index contributed by atoms with van der Waals surface area (Å²) in [5, 5.41) is 0. The third-order valence-electron chi connectivity index (χ3n) is 3.21. The number of nitrogens with zero attached hydrogens (tertiary/aromatic N) is 1. The predicted octanol–water partition coefficient (Wildman–Crippen LogP) is 2.48. The van der Waals surface area contributed by atoms with Crippen LogP contribution in [0.3, 0.4) is 0 Å². The van der Waals surface area contributed by atoms with Crippen LogP contribution in [-0.4, -0.2) is 38.9 Å². The van der Waals surface area contributed by atoms with Crippen LogP contribution in [0.4, 0.5) is 0 Å². The molecule has 0 N–H and O–H groups in total. The van der Waals surface area contributed by atoms with Gasteiger partial charge in [0.25, 0.3) is 15.0 Å². The van der Waals surface area contributed by atoms with Crippen molar-refractivity contribution in [3.05, 3.63) is 23.3 Å². The molecule has 0 aliphatic heterocycles. The van der Waals surface area contributed by atoms with Crippen LogP contribution in [0.15, 0.2) is 17.0 Å². The van der Waals surface area contributed by atoms with Crippen LogP contribution in [-0.2, 0) is 13.8 Å². The van der Waals surface area contributed by atoms with Gasteiger partial charge in [0.1, 0.15) is 5.75 Å². The lowest BCUT2D eigenvalue weighted by atomic mass is 10.1. The topological polar surface area (TPSA) is 63.7 Å². The van der Waals surface area contributed by atoms with E-state index in [0.717, 1.165) is 0 Å². The molecular weight excluding hydrogens is 314 g/mol. The smallest absolute Gasteiger partial charge is 0.261 e. The lowest BCUT2D eigenvalue weighted by molar-refractivity contribution is -0.133. The van der Waals surface area contributed by atoms with Crippen molar-refractivity contribution in [3.63, 3.8) is 0 Å². The Morgan fingerprint density at radius 2 is 1.76 bits per heavy atom. The van der Waals surface area contributed by atoms with Crippen LogP contribution in [0.2, 0.25) is 0 Å². The highest BCUT2D eigenvalue weighted by atomic mass is 35.7. The number of aryl methyl sites for hydroxylation is 2. The number of rotatable bonds is 5. The Labute approximate surface area is 130 Å². The number of carbonyl (C=O) groups excluding carboxylic acids is 1. The third kappa shape index (κ3) is 4.61. The van der Waals surface area contributed by atoms with Gasteiger partial charge in [-0.25, -0.2) is 8.42 Å². The van der Waals surface area contributed by atoms with E-state index in [4.69, 9.17) is 15.4 Å². The lowest BCUT2D eigenvalue weighted by Crippen LogP contribution is -2.36. The Bertz CT molecular complexity index is 617. The second kappa shape index (κ2) is 6.66. The Hall–Kier alpha value is -1.27. The van der Waals surface area contributed by atoms with Gasteiger partial charge in [0.2, 0.25) is 0 Å². The molecule has 0 bridgehead atoms. The summed E-state index contributed by atoms with van der Waals surface area (Å²) in [5.74, 6) is 0.300. The fourth-order valence-corrected chi connectivity index (χ4v) is 3.53. The van der Waals surface area contributed by atoms with Crippen LogP contribution in [0.5, 0.6) is 5.75 Å². The van der Waals surface area contributed by atoms with Crippen molar-refractivity contribution in [3.8, 4) is 5.75 Å². The van der Waals surface area contributed by atoms with Crippen molar-refractivity contribution < 1.29 is 17.9 Å². The molecular formula is C14H20ClNO4S. The zero-order chi connectivity index (χ0) is 16.4. The van der Waals surface area contributed by atoms with Crippen molar-refractivity contribution in [2.45, 2.75) is 38.6 Å². The summed E-state index contributed by atoms with van der Waals surface area (Å²) in [7, 11) is 3.30. The molecule has 0 saturated carbocycles. The van der Waals surface area contributed by atoms with Gasteiger partial charge in [-0.15, -0.1) is 0 Å². The van der Waals surface area contributed by atoms with Crippen molar-refractivity contribution in [2.75, 3.05) is 13.7 Å². The molecule has 1 aromatic rings. The molecule has 0 spiro atoms. The number of benzene rings is 1. The summed E-state index contributed by atoms with van der Waals surface area (Å²) in [6, 6.07) is 3.21. The Kier molecular flexibility index (Phi) is 5.64. The number of carbonyl (C=O) groups is 1. The number of hydrogen-bond donors (Lipinski definition) is 0. The maximum absolute atomic E-state index is 11.8. The van der Waals surface area contributed by atoms with E-state index in [0.29, 0.717) is 16.9 Å². The first-order valence-corrected chi connectivity index (χ1v) is 8.79. The molecule has 0 saturated heterocycles. The van der Waals surface area contributed by atoms with Crippen molar-refractivity contribution in [1.82, 2.24) is 4.90 Å². The molecule has 1 amide bonds. The maximum atomic E-state index is 11.8. The lowest BCUT2D eigenvalue weighted by Gasteiger charge is -2.21. The molecule has 21 heavy (non-hydrogen) atoms. The molecule has 7 heteroatoms. The van der Waals surface area contributed by atoms with E-state index in [1.165, 1.54) is 0 Å². The van der Waals surface area contributed by atoms with Gasteiger partial charge in [0.15, 0.2) is 6.61 Å². The van der Waals surface area contributed by atoms with Crippen molar-refractivity contribution >= 4 is 25.6 Å². The summed E-state index contributed by atoms with van der Waals surface area (Å²) in [6.45, 7) is 6.99. The maximum Gasteiger partial charge on any atom is 0.261 e. The van der Waals surface area contributed by atoms with Crippen LogP contribution < -0.4 is 4.74 Å². The molecule has 0 unspecified atom stereocenters. The highest BCUT2D eigenvalue weighted by Crippen LogP contribution is 2.28. The summed E-state index contributed by atoms with van der Waals surface area (Å²) in [6.07, 6.45) is 0. The zero-order valence-electron chi connectivity index (χ0n) is 12.8. The molecule has 1 aromatic carbocycles. The van der Waals surface area contributed by atoms with E-state index in [-0.39, 0.29) is 23.5 Å². The number of likely N-dealkylation sites (N-methyl/N-ethyl adjacent to an activating group) is 1. The molecule has 0 aliphatic rings. The first-order chi connectivity index (χ1) is 9.54. The summed E-state index contributed by atoms with van der Waals surface area (Å²) < 4.78 is 28.4. The minimum atomic E-state index is -3.80. The third-order valence-corrected chi connectivity index (χ3v) is 4.80. The first-order valence-electron chi connectivity index (χ1n) is 6.48. The molecule has 0 atom stereocenters. The SMILES string of the molecule is Cc1cc(OCC(=O)N(C)C(C)C)cc(C)c1S(=O)(=O)Cl. The standard InChI is InChI=1S/C14H20ClNO4S/c1-9(2)16(5)13(17)8-20-12-6-10(3)14(11(4)7-12)21(15,18)19/h6-7,9H,8H2,1-5H3. The highest BCUT2D eigenvalue weighted by molar-refractivity contribution is 8.13. The number of hydrogen-bond acceptors (Lipinski definition) is 4.